The van der Waals surface area contributed by atoms with E-state index in [1.165, 1.54) is 6.20 Å². The average molecular weight is 439 g/mol. The molecule has 3 N–H and O–H groups in total. The monoisotopic (exact) mass is 438 g/mol. The molecule has 0 aliphatic heterocycles. The van der Waals surface area contributed by atoms with Crippen molar-refractivity contribution in [1.29, 1.82) is 0 Å². The fraction of sp³-hybridized carbons (Fsp3) is 0.368. The molecule has 1 aliphatic carbocycles. The first-order valence-electron chi connectivity index (χ1n) is 9.41. The predicted octanol–water partition coefficient (Wildman–Crippen LogP) is 3.92. The molecule has 0 unspecified atom stereocenters. The van der Waals surface area contributed by atoms with Crippen molar-refractivity contribution in [2.75, 3.05) is 5.32 Å². The van der Waals surface area contributed by atoms with Crippen LogP contribution in [-0.4, -0.2) is 44.4 Å². The molecule has 3 aromatic heterocycles. The number of halogens is 4. The quantitative estimate of drug-likeness (QED) is 0.561. The Bertz CT molecular complexity index is 1080. The zero-order valence-corrected chi connectivity index (χ0v) is 16.4. The summed E-state index contributed by atoms with van der Waals surface area (Å²) in [5.74, 6) is -1.63. The van der Waals surface area contributed by atoms with Gasteiger partial charge in [-0.15, -0.1) is 0 Å². The number of aromatic amines is 1. The molecule has 2 atom stereocenters. The van der Waals surface area contributed by atoms with Crippen molar-refractivity contribution in [3.8, 4) is 11.4 Å². The van der Waals surface area contributed by atoms with Gasteiger partial charge in [-0.05, 0) is 31.7 Å². The van der Waals surface area contributed by atoms with Crippen LogP contribution in [0.15, 0.2) is 24.7 Å². The molecule has 0 bridgehead atoms. The van der Waals surface area contributed by atoms with Crippen molar-refractivity contribution < 1.29 is 18.0 Å². The van der Waals surface area contributed by atoms with Crippen LogP contribution < -0.4 is 10.6 Å². The molecule has 1 saturated carbocycles. The second-order valence-electron chi connectivity index (χ2n) is 7.16. The summed E-state index contributed by atoms with van der Waals surface area (Å²) >= 11 is 6.02. The van der Waals surface area contributed by atoms with E-state index in [2.05, 4.69) is 30.6 Å². The van der Waals surface area contributed by atoms with Crippen LogP contribution in [0.3, 0.4) is 0 Å². The Balaban J connectivity index is 1.53. The van der Waals surface area contributed by atoms with Gasteiger partial charge in [0.15, 0.2) is 17.5 Å². The molecule has 158 valence electrons. The molecule has 3 aromatic rings. The number of hydrogen-bond acceptors (Lipinski definition) is 5. The highest BCUT2D eigenvalue weighted by Gasteiger charge is 2.27. The number of carbonyl (C=O) groups is 1. The molecule has 1 fully saturated rings. The van der Waals surface area contributed by atoms with Gasteiger partial charge in [0.05, 0.1) is 11.2 Å². The van der Waals surface area contributed by atoms with Gasteiger partial charge in [-0.2, -0.15) is 8.78 Å². The number of pyridine rings is 1. The minimum atomic E-state index is -3.06. The van der Waals surface area contributed by atoms with Gasteiger partial charge in [0, 0.05) is 35.4 Å². The zero-order valence-electron chi connectivity index (χ0n) is 15.6. The number of hydrogen-bond donors (Lipinski definition) is 3. The molecule has 4 rings (SSSR count). The van der Waals surface area contributed by atoms with E-state index < -0.39 is 24.2 Å². The lowest BCUT2D eigenvalue weighted by molar-refractivity contribution is -0.132. The van der Waals surface area contributed by atoms with E-state index in [1.807, 2.05) is 0 Å². The molecule has 1 aliphatic rings. The first-order valence-corrected chi connectivity index (χ1v) is 9.79. The molecule has 7 nitrogen and oxygen atoms in total. The summed E-state index contributed by atoms with van der Waals surface area (Å²) in [6.45, 7) is 0. The van der Waals surface area contributed by atoms with Gasteiger partial charge >= 0.3 is 6.43 Å². The summed E-state index contributed by atoms with van der Waals surface area (Å²) in [7, 11) is 0. The maximum Gasteiger partial charge on any atom is 0.315 e. The van der Waals surface area contributed by atoms with Crippen LogP contribution in [0.5, 0.6) is 0 Å². The van der Waals surface area contributed by atoms with Gasteiger partial charge in [-0.1, -0.05) is 11.6 Å². The van der Waals surface area contributed by atoms with E-state index in [4.69, 9.17) is 11.6 Å². The smallest absolute Gasteiger partial charge is 0.315 e. The molecular weight excluding hydrogens is 421 g/mol. The standard InChI is InChI=1S/C19H18ClF3N6O/c20-9-4-12-13(7-25-16(12)24-6-9)17-26-8-14(21)18(29-17)27-10-2-1-3-11(5-10)28-19(30)15(22)23/h4,6-8,10-11,15H,1-3,5H2,(H,24,25)(H,28,30)(H,26,27,29)/t10-,11+/m0/s1. The summed E-state index contributed by atoms with van der Waals surface area (Å²) in [6.07, 6.45) is 3.59. The van der Waals surface area contributed by atoms with Crippen LogP contribution >= 0.6 is 11.6 Å². The number of amides is 1. The largest absolute Gasteiger partial charge is 0.365 e. The van der Waals surface area contributed by atoms with E-state index >= 15 is 0 Å². The average Bonchev–Trinajstić information content (AvgIpc) is 3.13. The predicted molar refractivity (Wildman–Crippen MR) is 106 cm³/mol. The fourth-order valence-electron chi connectivity index (χ4n) is 3.67. The van der Waals surface area contributed by atoms with Gasteiger partial charge in [0.25, 0.3) is 5.91 Å². The molecule has 11 heteroatoms. The normalized spacial score (nSPS) is 19.2. The molecule has 1 amide bonds. The maximum atomic E-state index is 14.4. The number of H-pyrrole nitrogens is 1. The highest BCUT2D eigenvalue weighted by atomic mass is 35.5. The Morgan fingerprint density at radius 1 is 1.23 bits per heavy atom. The van der Waals surface area contributed by atoms with Crippen molar-refractivity contribution in [3.05, 3.63) is 35.5 Å². The number of rotatable bonds is 5. The highest BCUT2D eigenvalue weighted by molar-refractivity contribution is 6.31. The first kappa shape index (κ1) is 20.4. The lowest BCUT2D eigenvalue weighted by atomic mass is 9.91. The lowest BCUT2D eigenvalue weighted by Gasteiger charge is -2.30. The van der Waals surface area contributed by atoms with Gasteiger partial charge in [-0.25, -0.2) is 19.3 Å². The molecule has 30 heavy (non-hydrogen) atoms. The van der Waals surface area contributed by atoms with E-state index in [1.54, 1.807) is 12.3 Å². The van der Waals surface area contributed by atoms with E-state index in [9.17, 15) is 18.0 Å². The number of aromatic nitrogens is 4. The van der Waals surface area contributed by atoms with Crippen molar-refractivity contribution in [2.45, 2.75) is 44.2 Å². The Labute approximate surface area is 174 Å². The van der Waals surface area contributed by atoms with E-state index in [0.717, 1.165) is 6.20 Å². The summed E-state index contributed by atoms with van der Waals surface area (Å²) in [6, 6.07) is 1.09. The van der Waals surface area contributed by atoms with Gasteiger partial charge in [0.1, 0.15) is 5.65 Å². The summed E-state index contributed by atoms with van der Waals surface area (Å²) < 4.78 is 39.3. The van der Waals surface area contributed by atoms with Crippen LogP contribution in [0.25, 0.3) is 22.4 Å². The minimum Gasteiger partial charge on any atom is -0.365 e. The molecule has 0 spiro atoms. The van der Waals surface area contributed by atoms with Crippen LogP contribution in [0, 0.1) is 5.82 Å². The van der Waals surface area contributed by atoms with E-state index in [0.29, 0.717) is 47.3 Å². The van der Waals surface area contributed by atoms with Crippen LogP contribution in [0.2, 0.25) is 5.02 Å². The number of anilines is 1. The third-order valence-electron chi connectivity index (χ3n) is 5.04. The van der Waals surface area contributed by atoms with Gasteiger partial charge < -0.3 is 15.6 Å². The fourth-order valence-corrected chi connectivity index (χ4v) is 3.83. The SMILES string of the molecule is O=C(N[C@@H]1CCC[C@H](Nc2nc(-c3c[nH]c4ncc(Cl)cc34)ncc2F)C1)C(F)F. The third kappa shape index (κ3) is 4.33. The molecular formula is C19H18ClF3N6O. The zero-order chi connectivity index (χ0) is 21.3. The number of fused-ring (bicyclic) bond motifs is 1. The Kier molecular flexibility index (Phi) is 5.76. The molecule has 0 radical (unpaired) electrons. The Hall–Kier alpha value is -2.88. The van der Waals surface area contributed by atoms with Crippen LogP contribution in [0.4, 0.5) is 19.0 Å². The highest BCUT2D eigenvalue weighted by Crippen LogP contribution is 2.29. The lowest BCUT2D eigenvalue weighted by Crippen LogP contribution is -2.44. The van der Waals surface area contributed by atoms with E-state index in [-0.39, 0.29) is 17.7 Å². The van der Waals surface area contributed by atoms with Crippen molar-refractivity contribution in [3.63, 3.8) is 0 Å². The molecule has 3 heterocycles. The summed E-state index contributed by atoms with van der Waals surface area (Å²) in [4.78, 5) is 26.8. The van der Waals surface area contributed by atoms with Gasteiger partial charge in [-0.3, -0.25) is 4.79 Å². The topological polar surface area (TPSA) is 95.6 Å². The van der Waals surface area contributed by atoms with Crippen molar-refractivity contribution >= 4 is 34.4 Å². The third-order valence-corrected chi connectivity index (χ3v) is 5.25. The number of nitrogens with zero attached hydrogens (tertiary/aromatic N) is 3. The summed E-state index contributed by atoms with van der Waals surface area (Å²) in [5.41, 5.74) is 1.22. The second kappa shape index (κ2) is 8.47. The first-order chi connectivity index (χ1) is 14.4. The maximum absolute atomic E-state index is 14.4. The van der Waals surface area contributed by atoms with Crippen molar-refractivity contribution in [2.24, 2.45) is 0 Å². The number of carbonyl (C=O) groups excluding carboxylic acids is 1. The Morgan fingerprint density at radius 2 is 2.03 bits per heavy atom. The Morgan fingerprint density at radius 3 is 2.83 bits per heavy atom. The van der Waals surface area contributed by atoms with Gasteiger partial charge in [0.2, 0.25) is 0 Å². The summed E-state index contributed by atoms with van der Waals surface area (Å²) in [5, 5.41) is 6.50. The van der Waals surface area contributed by atoms with Crippen LogP contribution in [-0.2, 0) is 4.79 Å². The minimum absolute atomic E-state index is 0.00942. The number of alkyl halides is 2. The molecule has 0 saturated heterocycles. The second-order valence-corrected chi connectivity index (χ2v) is 7.59. The molecule has 0 aromatic carbocycles. The number of nitrogens with one attached hydrogen (secondary N) is 3. The van der Waals surface area contributed by atoms with Crippen LogP contribution in [0.1, 0.15) is 25.7 Å². The van der Waals surface area contributed by atoms with Crippen molar-refractivity contribution in [1.82, 2.24) is 25.3 Å².